The maximum absolute atomic E-state index is 12.5. The molecule has 0 fully saturated rings. The lowest BCUT2D eigenvalue weighted by atomic mass is 10.1. The molecule has 0 saturated carbocycles. The Balaban J connectivity index is 1.31. The van der Waals surface area contributed by atoms with Crippen molar-refractivity contribution < 1.29 is 38.3 Å². The van der Waals surface area contributed by atoms with Crippen LogP contribution in [0.25, 0.3) is 12.2 Å². The van der Waals surface area contributed by atoms with Crippen LogP contribution in [-0.2, 0) is 23.9 Å². The second-order valence-electron chi connectivity index (χ2n) is 9.79. The van der Waals surface area contributed by atoms with Crippen molar-refractivity contribution in [1.29, 1.82) is 0 Å². The van der Waals surface area contributed by atoms with Crippen molar-refractivity contribution in [2.24, 2.45) is 9.98 Å². The summed E-state index contributed by atoms with van der Waals surface area (Å²) >= 11 is 0. The normalized spacial score (nSPS) is 15.7. The molecule has 2 heterocycles. The first-order chi connectivity index (χ1) is 22.2. The molecule has 226 valence electrons. The first-order valence-corrected chi connectivity index (χ1v) is 13.7. The molecular formula is C34H21N3O9. The fourth-order valence-electron chi connectivity index (χ4n) is 4.45. The molecule has 0 atom stereocenters. The lowest BCUT2D eigenvalue weighted by Gasteiger charge is -2.12. The van der Waals surface area contributed by atoms with Crippen molar-refractivity contribution in [3.8, 4) is 17.2 Å². The number of hydrogen-bond acceptors (Lipinski definition) is 11. The molecule has 4 aromatic rings. The van der Waals surface area contributed by atoms with Gasteiger partial charge in [0.05, 0.1) is 4.92 Å². The Morgan fingerprint density at radius 1 is 0.717 bits per heavy atom. The molecule has 12 nitrogen and oxygen atoms in total. The molecule has 0 saturated heterocycles. The van der Waals surface area contributed by atoms with Crippen LogP contribution in [0.4, 0.5) is 5.69 Å². The number of carbonyl (C=O) groups excluding carboxylic acids is 3. The largest absolute Gasteiger partial charge is 0.446 e. The van der Waals surface area contributed by atoms with Crippen LogP contribution < -0.4 is 9.47 Å². The highest BCUT2D eigenvalue weighted by Gasteiger charge is 2.26. The van der Waals surface area contributed by atoms with E-state index < -0.39 is 28.5 Å². The van der Waals surface area contributed by atoms with Crippen molar-refractivity contribution in [1.82, 2.24) is 0 Å². The highest BCUT2D eigenvalue weighted by atomic mass is 16.6. The number of rotatable bonds is 8. The molecule has 0 radical (unpaired) electrons. The van der Waals surface area contributed by atoms with Crippen LogP contribution >= 0.6 is 0 Å². The summed E-state index contributed by atoms with van der Waals surface area (Å²) in [5, 5.41) is 12.1. The molecule has 12 heteroatoms. The van der Waals surface area contributed by atoms with E-state index in [-0.39, 0.29) is 46.0 Å². The number of nitrogens with zero attached hydrogens (tertiary/aromatic N) is 3. The molecule has 0 amide bonds. The zero-order valence-electron chi connectivity index (χ0n) is 23.9. The van der Waals surface area contributed by atoms with Crippen molar-refractivity contribution >= 4 is 47.5 Å². The van der Waals surface area contributed by atoms with E-state index in [0.717, 1.165) is 0 Å². The summed E-state index contributed by atoms with van der Waals surface area (Å²) in [4.78, 5) is 56.7. The van der Waals surface area contributed by atoms with Crippen LogP contribution in [0.1, 0.15) is 29.2 Å². The van der Waals surface area contributed by atoms with Crippen LogP contribution in [0.15, 0.2) is 118 Å². The number of ether oxygens (including phenoxy) is 4. The highest BCUT2D eigenvalue weighted by molar-refractivity contribution is 6.13. The second kappa shape index (κ2) is 12.5. The third-order valence-corrected chi connectivity index (χ3v) is 6.51. The van der Waals surface area contributed by atoms with Gasteiger partial charge in [-0.1, -0.05) is 48.5 Å². The van der Waals surface area contributed by atoms with Crippen LogP contribution in [0, 0.1) is 10.1 Å². The molecule has 2 aliphatic rings. The van der Waals surface area contributed by atoms with Crippen molar-refractivity contribution in [3.05, 3.63) is 141 Å². The predicted octanol–water partition coefficient (Wildman–Crippen LogP) is 6.00. The first-order valence-electron chi connectivity index (χ1n) is 13.7. The summed E-state index contributed by atoms with van der Waals surface area (Å²) in [6, 6.07) is 26.1. The molecule has 46 heavy (non-hydrogen) atoms. The van der Waals surface area contributed by atoms with E-state index in [1.165, 1.54) is 49.4 Å². The Morgan fingerprint density at radius 3 is 1.72 bits per heavy atom. The van der Waals surface area contributed by atoms with Gasteiger partial charge in [-0.2, -0.15) is 0 Å². The Bertz CT molecular complexity index is 2030. The molecule has 6 rings (SSSR count). The minimum atomic E-state index is -0.704. The number of cyclic esters (lactones) is 2. The minimum Gasteiger partial charge on any atom is -0.446 e. The lowest BCUT2D eigenvalue weighted by molar-refractivity contribution is -0.385. The number of aliphatic imine (C=N–C) groups is 2. The molecule has 0 aromatic heterocycles. The maximum Gasteiger partial charge on any atom is 0.363 e. The van der Waals surface area contributed by atoms with Crippen molar-refractivity contribution in [3.63, 3.8) is 0 Å². The molecular weight excluding hydrogens is 594 g/mol. The fraction of sp³-hybridized carbons (Fsp3) is 0.0294. The van der Waals surface area contributed by atoms with E-state index in [1.807, 2.05) is 12.1 Å². The summed E-state index contributed by atoms with van der Waals surface area (Å²) in [6.45, 7) is 1.19. The van der Waals surface area contributed by atoms with Gasteiger partial charge in [0, 0.05) is 24.1 Å². The van der Waals surface area contributed by atoms with Gasteiger partial charge in [-0.05, 0) is 65.7 Å². The van der Waals surface area contributed by atoms with Gasteiger partial charge in [0.1, 0.15) is 0 Å². The number of nitro groups is 1. The molecule has 0 aliphatic carbocycles. The summed E-state index contributed by atoms with van der Waals surface area (Å²) in [5.74, 6) is -2.01. The average molecular weight is 616 g/mol. The molecule has 0 spiro atoms. The van der Waals surface area contributed by atoms with Gasteiger partial charge < -0.3 is 18.9 Å². The SMILES string of the molecule is CC(=O)Oc1ccc(/C=C2/N=C(c3ccccc3)OC2=O)cc1Oc1ccc(/C=C2/N=C(c3ccccc3)OC2=O)cc1[N+](=O)[O-]. The van der Waals surface area contributed by atoms with Crippen LogP contribution in [-0.4, -0.2) is 34.6 Å². The minimum absolute atomic E-state index is 0.0110. The zero-order valence-corrected chi connectivity index (χ0v) is 23.9. The van der Waals surface area contributed by atoms with Gasteiger partial charge >= 0.3 is 23.6 Å². The molecule has 0 N–H and O–H groups in total. The van der Waals surface area contributed by atoms with Crippen LogP contribution in [0.3, 0.4) is 0 Å². The molecule has 2 aliphatic heterocycles. The van der Waals surface area contributed by atoms with Gasteiger partial charge in [0.15, 0.2) is 22.9 Å². The predicted molar refractivity (Wildman–Crippen MR) is 165 cm³/mol. The van der Waals surface area contributed by atoms with Crippen molar-refractivity contribution in [2.45, 2.75) is 6.92 Å². The lowest BCUT2D eigenvalue weighted by Crippen LogP contribution is -2.05. The number of benzene rings is 4. The standard InChI is InChI=1S/C34H21N3O9/c1-20(38)43-29-15-13-22(17-26-34(40)46-32(36-26)24-10-6-3-7-11-24)19-30(29)44-28-14-12-21(18-27(28)37(41)42)16-25-33(39)45-31(35-25)23-8-4-2-5-9-23/h2-19H,1H3/b25-16+,26-17+. The Hall–Kier alpha value is -6.69. The van der Waals surface area contributed by atoms with E-state index in [2.05, 4.69) is 9.98 Å². The summed E-state index contributed by atoms with van der Waals surface area (Å²) in [6.07, 6.45) is 2.80. The van der Waals surface area contributed by atoms with Crippen molar-refractivity contribution in [2.75, 3.05) is 0 Å². The number of esters is 3. The van der Waals surface area contributed by atoms with Gasteiger partial charge in [-0.15, -0.1) is 0 Å². The van der Waals surface area contributed by atoms with E-state index in [9.17, 15) is 24.5 Å². The summed E-state index contributed by atoms with van der Waals surface area (Å²) in [5.41, 5.74) is 1.44. The van der Waals surface area contributed by atoms with Gasteiger partial charge in [0.2, 0.25) is 17.5 Å². The van der Waals surface area contributed by atoms with E-state index >= 15 is 0 Å². The number of carbonyl (C=O) groups is 3. The van der Waals surface area contributed by atoms with E-state index in [0.29, 0.717) is 16.7 Å². The summed E-state index contributed by atoms with van der Waals surface area (Å²) in [7, 11) is 0. The zero-order chi connectivity index (χ0) is 32.2. The Kier molecular flexibility index (Phi) is 7.99. The highest BCUT2D eigenvalue weighted by Crippen LogP contribution is 2.38. The molecule has 4 aromatic carbocycles. The quantitative estimate of drug-likeness (QED) is 0.0762. The van der Waals surface area contributed by atoms with Gasteiger partial charge in [0.25, 0.3) is 0 Å². The number of nitro benzene ring substituents is 1. The third-order valence-electron chi connectivity index (χ3n) is 6.51. The van der Waals surface area contributed by atoms with Gasteiger partial charge in [-0.3, -0.25) is 14.9 Å². The van der Waals surface area contributed by atoms with Crippen LogP contribution in [0.2, 0.25) is 0 Å². The van der Waals surface area contributed by atoms with Crippen LogP contribution in [0.5, 0.6) is 17.2 Å². The summed E-state index contributed by atoms with van der Waals surface area (Å²) < 4.78 is 21.7. The second-order valence-corrected chi connectivity index (χ2v) is 9.79. The Labute approximate surface area is 260 Å². The van der Waals surface area contributed by atoms with E-state index in [1.54, 1.807) is 54.6 Å². The van der Waals surface area contributed by atoms with E-state index in [4.69, 9.17) is 18.9 Å². The third kappa shape index (κ3) is 6.45. The molecule has 0 bridgehead atoms. The topological polar surface area (TPSA) is 156 Å². The first kappa shape index (κ1) is 29.4. The monoisotopic (exact) mass is 615 g/mol. The fourth-order valence-corrected chi connectivity index (χ4v) is 4.45. The maximum atomic E-state index is 12.5. The smallest absolute Gasteiger partial charge is 0.363 e. The molecule has 0 unspecified atom stereocenters. The average Bonchev–Trinajstić information content (AvgIpc) is 3.60. The number of hydrogen-bond donors (Lipinski definition) is 0. The Morgan fingerprint density at radius 2 is 1.22 bits per heavy atom. The van der Waals surface area contributed by atoms with Gasteiger partial charge in [-0.25, -0.2) is 19.6 Å².